The Balaban J connectivity index is 3.05. The molecule has 2 N–H and O–H groups in total. The predicted molar refractivity (Wildman–Crippen MR) is 96.2 cm³/mol. The van der Waals surface area contributed by atoms with Crippen molar-refractivity contribution in [2.75, 3.05) is 19.8 Å². The van der Waals surface area contributed by atoms with Crippen LogP contribution in [0, 0.1) is 0 Å². The lowest BCUT2D eigenvalue weighted by molar-refractivity contribution is -0.152. The number of benzene rings is 1. The highest BCUT2D eigenvalue weighted by atomic mass is 35.5. The number of hydrogen-bond acceptors (Lipinski definition) is 5. The maximum Gasteiger partial charge on any atom is 0.303 e. The van der Waals surface area contributed by atoms with Crippen molar-refractivity contribution in [2.45, 2.75) is 38.9 Å². The van der Waals surface area contributed by atoms with Gasteiger partial charge < -0.3 is 24.4 Å². The number of ether oxygens (including phenoxy) is 3. The van der Waals surface area contributed by atoms with E-state index in [1.807, 2.05) is 13.8 Å². The van der Waals surface area contributed by atoms with Gasteiger partial charge in [0.1, 0.15) is 12.4 Å². The highest BCUT2D eigenvalue weighted by Gasteiger charge is 2.23. The van der Waals surface area contributed by atoms with Gasteiger partial charge in [0.15, 0.2) is 6.29 Å². The van der Waals surface area contributed by atoms with E-state index in [4.69, 9.17) is 47.6 Å². The second kappa shape index (κ2) is 11.2. The molecule has 0 atom stereocenters. The van der Waals surface area contributed by atoms with Gasteiger partial charge in [-0.1, -0.05) is 23.2 Å². The smallest absolute Gasteiger partial charge is 0.303 e. The van der Waals surface area contributed by atoms with Crippen molar-refractivity contribution in [1.29, 1.82) is 0 Å². The summed E-state index contributed by atoms with van der Waals surface area (Å²) in [6.45, 7) is 4.58. The standard InChI is InChI=1S/C17H22Cl2O7/c1-3-24-17(25-4-2)9-26-14-7-11(12(18)8-13(14)19)10(5-15(20)21)6-16(22)23/h7-8,10,17H,3-6,9H2,1-2H3,(H,20,21)(H,22,23). The molecule has 1 rings (SSSR count). The zero-order valence-corrected chi connectivity index (χ0v) is 16.0. The molecule has 7 nitrogen and oxygen atoms in total. The molecule has 1 aromatic rings. The first kappa shape index (κ1) is 22.5. The minimum absolute atomic E-state index is 0.0605. The summed E-state index contributed by atoms with van der Waals surface area (Å²) < 4.78 is 16.4. The topological polar surface area (TPSA) is 102 Å². The lowest BCUT2D eigenvalue weighted by Crippen LogP contribution is -2.25. The highest BCUT2D eigenvalue weighted by molar-refractivity contribution is 6.36. The van der Waals surface area contributed by atoms with Crippen molar-refractivity contribution in [3.05, 3.63) is 27.7 Å². The number of halogens is 2. The van der Waals surface area contributed by atoms with Gasteiger partial charge in [-0.05, 0) is 31.5 Å². The van der Waals surface area contributed by atoms with E-state index in [2.05, 4.69) is 0 Å². The van der Waals surface area contributed by atoms with Crippen LogP contribution in [0.5, 0.6) is 5.75 Å². The van der Waals surface area contributed by atoms with E-state index >= 15 is 0 Å². The summed E-state index contributed by atoms with van der Waals surface area (Å²) in [6, 6.07) is 2.87. The molecular weight excluding hydrogens is 387 g/mol. The molecule has 1 aromatic carbocycles. The molecule has 0 aliphatic carbocycles. The lowest BCUT2D eigenvalue weighted by atomic mass is 9.92. The molecule has 146 valence electrons. The lowest BCUT2D eigenvalue weighted by Gasteiger charge is -2.20. The Bertz CT molecular complexity index is 599. The third kappa shape index (κ3) is 7.37. The van der Waals surface area contributed by atoms with E-state index in [1.165, 1.54) is 12.1 Å². The van der Waals surface area contributed by atoms with Crippen LogP contribution in [-0.2, 0) is 19.1 Å². The molecule has 0 saturated carbocycles. The molecular formula is C17H22Cl2O7. The Kier molecular flexibility index (Phi) is 9.72. The molecule has 26 heavy (non-hydrogen) atoms. The minimum atomic E-state index is -1.13. The zero-order valence-electron chi connectivity index (χ0n) is 14.5. The van der Waals surface area contributed by atoms with E-state index in [0.717, 1.165) is 0 Å². The van der Waals surface area contributed by atoms with Crippen molar-refractivity contribution in [3.8, 4) is 5.75 Å². The normalized spacial score (nSPS) is 11.2. The molecule has 0 amide bonds. The van der Waals surface area contributed by atoms with Crippen LogP contribution in [0.3, 0.4) is 0 Å². The van der Waals surface area contributed by atoms with E-state index in [-0.39, 0.29) is 35.2 Å². The Labute approximate surface area is 161 Å². The Morgan fingerprint density at radius 3 is 2.00 bits per heavy atom. The Hall–Kier alpha value is -1.54. The van der Waals surface area contributed by atoms with Gasteiger partial charge in [-0.15, -0.1) is 0 Å². The maximum atomic E-state index is 11.1. The van der Waals surface area contributed by atoms with Crippen molar-refractivity contribution in [2.24, 2.45) is 0 Å². The SMILES string of the molecule is CCOC(COc1cc(C(CC(=O)O)CC(=O)O)c(Cl)cc1Cl)OCC. The number of carboxylic acids is 2. The average molecular weight is 409 g/mol. The summed E-state index contributed by atoms with van der Waals surface area (Å²) in [6.07, 6.45) is -1.35. The van der Waals surface area contributed by atoms with Gasteiger partial charge in [0.2, 0.25) is 0 Å². The maximum absolute atomic E-state index is 11.1. The second-order valence-electron chi connectivity index (χ2n) is 5.35. The third-order valence-corrected chi connectivity index (χ3v) is 4.04. The number of aliphatic carboxylic acids is 2. The first-order chi connectivity index (χ1) is 12.3. The zero-order chi connectivity index (χ0) is 19.7. The van der Waals surface area contributed by atoms with Crippen molar-refractivity contribution in [3.63, 3.8) is 0 Å². The van der Waals surface area contributed by atoms with Crippen LogP contribution in [0.15, 0.2) is 12.1 Å². The summed E-state index contributed by atoms with van der Waals surface area (Å²) >= 11 is 12.3. The minimum Gasteiger partial charge on any atom is -0.487 e. The molecule has 0 aliphatic heterocycles. The van der Waals surface area contributed by atoms with Crippen LogP contribution in [0.2, 0.25) is 10.0 Å². The molecule has 0 fully saturated rings. The fourth-order valence-electron chi connectivity index (χ4n) is 2.36. The largest absolute Gasteiger partial charge is 0.487 e. The molecule has 0 radical (unpaired) electrons. The van der Waals surface area contributed by atoms with Gasteiger partial charge in [-0.2, -0.15) is 0 Å². The third-order valence-electron chi connectivity index (χ3n) is 3.41. The van der Waals surface area contributed by atoms with Gasteiger partial charge in [0.05, 0.1) is 17.9 Å². The van der Waals surface area contributed by atoms with E-state index < -0.39 is 24.1 Å². The average Bonchev–Trinajstić information content (AvgIpc) is 2.52. The number of carbonyl (C=O) groups is 2. The molecule has 0 bridgehead atoms. The Morgan fingerprint density at radius 2 is 1.54 bits per heavy atom. The second-order valence-corrected chi connectivity index (χ2v) is 6.16. The van der Waals surface area contributed by atoms with Crippen LogP contribution in [-0.4, -0.2) is 48.3 Å². The molecule has 0 aliphatic rings. The van der Waals surface area contributed by atoms with Crippen molar-refractivity contribution < 1.29 is 34.0 Å². The fourth-order valence-corrected chi connectivity index (χ4v) is 2.95. The van der Waals surface area contributed by atoms with Gasteiger partial charge >= 0.3 is 11.9 Å². The quantitative estimate of drug-likeness (QED) is 0.506. The van der Waals surface area contributed by atoms with Gasteiger partial charge in [-0.25, -0.2) is 0 Å². The van der Waals surface area contributed by atoms with Gasteiger partial charge in [0.25, 0.3) is 0 Å². The van der Waals surface area contributed by atoms with Gasteiger partial charge in [0, 0.05) is 24.2 Å². The predicted octanol–water partition coefficient (Wildman–Crippen LogP) is 3.80. The van der Waals surface area contributed by atoms with Crippen LogP contribution >= 0.6 is 23.2 Å². The van der Waals surface area contributed by atoms with E-state index in [9.17, 15) is 9.59 Å². The molecule has 0 spiro atoms. The number of carboxylic acid groups (broad SMARTS) is 2. The summed E-state index contributed by atoms with van der Waals surface area (Å²) in [4.78, 5) is 22.1. The Morgan fingerprint density at radius 1 is 1.00 bits per heavy atom. The number of rotatable bonds is 12. The molecule has 0 heterocycles. The van der Waals surface area contributed by atoms with Gasteiger partial charge in [-0.3, -0.25) is 9.59 Å². The monoisotopic (exact) mass is 408 g/mol. The van der Waals surface area contributed by atoms with E-state index in [0.29, 0.717) is 18.8 Å². The van der Waals surface area contributed by atoms with Crippen LogP contribution < -0.4 is 4.74 Å². The van der Waals surface area contributed by atoms with Crippen molar-refractivity contribution in [1.82, 2.24) is 0 Å². The fraction of sp³-hybridized carbons (Fsp3) is 0.529. The van der Waals surface area contributed by atoms with Crippen LogP contribution in [0.25, 0.3) is 0 Å². The molecule has 0 saturated heterocycles. The summed E-state index contributed by atoms with van der Waals surface area (Å²) in [7, 11) is 0. The molecule has 0 aromatic heterocycles. The van der Waals surface area contributed by atoms with Crippen LogP contribution in [0.1, 0.15) is 38.2 Å². The highest BCUT2D eigenvalue weighted by Crippen LogP contribution is 2.37. The van der Waals surface area contributed by atoms with Crippen molar-refractivity contribution >= 4 is 35.1 Å². The number of hydrogen-bond donors (Lipinski definition) is 2. The summed E-state index contributed by atoms with van der Waals surface area (Å²) in [5, 5.41) is 18.5. The summed E-state index contributed by atoms with van der Waals surface area (Å²) in [5.41, 5.74) is 0.347. The van der Waals surface area contributed by atoms with E-state index in [1.54, 1.807) is 0 Å². The first-order valence-electron chi connectivity index (χ1n) is 8.06. The molecule has 9 heteroatoms. The summed E-state index contributed by atoms with van der Waals surface area (Å²) in [5.74, 6) is -2.82. The first-order valence-corrected chi connectivity index (χ1v) is 8.82. The molecule has 0 unspecified atom stereocenters. The van der Waals surface area contributed by atoms with Crippen LogP contribution in [0.4, 0.5) is 0 Å².